The second-order valence-corrected chi connectivity index (χ2v) is 12.5. The van der Waals surface area contributed by atoms with Crippen LogP contribution in [0.25, 0.3) is 5.69 Å². The number of amides is 1. The summed E-state index contributed by atoms with van der Waals surface area (Å²) < 4.78 is 36.8. The van der Waals surface area contributed by atoms with Crippen molar-refractivity contribution >= 4 is 27.6 Å². The fraction of sp³-hybridized carbons (Fsp3) is 0.370. The molecule has 0 aliphatic heterocycles. The number of anilines is 1. The number of carbonyl (C=O) groups excluding carboxylic acids is 1. The molecule has 202 valence electrons. The molecule has 11 heteroatoms. The molecule has 1 heterocycles. The van der Waals surface area contributed by atoms with E-state index in [1.165, 1.54) is 16.8 Å². The summed E-state index contributed by atoms with van der Waals surface area (Å²) in [6.07, 6.45) is 1.72. The molecular weight excluding hydrogens is 508 g/mol. The number of carboxylic acids is 1. The highest BCUT2D eigenvalue weighted by Crippen LogP contribution is 2.36. The molecule has 2 aromatic carbocycles. The lowest BCUT2D eigenvalue weighted by Gasteiger charge is -2.18. The summed E-state index contributed by atoms with van der Waals surface area (Å²) in [5.74, 6) is -1.44. The highest BCUT2D eigenvalue weighted by molar-refractivity contribution is 7.89. The molecule has 0 atom stereocenters. The minimum atomic E-state index is -4.02. The number of aromatic nitrogens is 2. The van der Waals surface area contributed by atoms with Crippen LogP contribution in [0.2, 0.25) is 0 Å². The molecule has 1 saturated carbocycles. The molecule has 3 aromatic rings. The number of rotatable bonds is 9. The van der Waals surface area contributed by atoms with Gasteiger partial charge in [-0.05, 0) is 62.4 Å². The number of aromatic carboxylic acids is 1. The van der Waals surface area contributed by atoms with Crippen molar-refractivity contribution in [3.63, 3.8) is 0 Å². The van der Waals surface area contributed by atoms with Crippen molar-refractivity contribution in [2.45, 2.75) is 64.8 Å². The van der Waals surface area contributed by atoms with Crippen molar-refractivity contribution in [2.24, 2.45) is 5.41 Å². The third-order valence-corrected chi connectivity index (χ3v) is 7.40. The van der Waals surface area contributed by atoms with Gasteiger partial charge in [-0.15, -0.1) is 0 Å². The summed E-state index contributed by atoms with van der Waals surface area (Å²) in [5.41, 5.74) is 1.63. The van der Waals surface area contributed by atoms with Gasteiger partial charge in [0.15, 0.2) is 5.69 Å². The third kappa shape index (κ3) is 6.40. The number of benzene rings is 2. The molecule has 0 radical (unpaired) electrons. The molecule has 0 saturated heterocycles. The third-order valence-electron chi connectivity index (χ3n) is 5.86. The molecule has 1 fully saturated rings. The molecule has 10 nitrogen and oxygen atoms in total. The van der Waals surface area contributed by atoms with Gasteiger partial charge in [0.05, 0.1) is 5.69 Å². The zero-order chi connectivity index (χ0) is 27.8. The van der Waals surface area contributed by atoms with Crippen LogP contribution in [0.15, 0.2) is 47.4 Å². The van der Waals surface area contributed by atoms with Crippen molar-refractivity contribution < 1.29 is 27.9 Å². The summed E-state index contributed by atoms with van der Waals surface area (Å²) >= 11 is 0. The molecule has 3 N–H and O–H groups in total. The summed E-state index contributed by atoms with van der Waals surface area (Å²) in [4.78, 5) is 24.2. The Hall–Kier alpha value is -3.70. The van der Waals surface area contributed by atoms with Gasteiger partial charge in [0.1, 0.15) is 10.6 Å². The van der Waals surface area contributed by atoms with Crippen LogP contribution in [0.4, 0.5) is 5.69 Å². The second kappa shape index (κ2) is 10.2. The maximum absolute atomic E-state index is 13.3. The minimum Gasteiger partial charge on any atom is -0.476 e. The number of carboxylic acid groups (broad SMARTS) is 1. The lowest BCUT2D eigenvalue weighted by atomic mass is 9.92. The average Bonchev–Trinajstić information content (AvgIpc) is 3.55. The lowest BCUT2D eigenvalue weighted by molar-refractivity contribution is -0.117. The Bertz CT molecular complexity index is 1480. The summed E-state index contributed by atoms with van der Waals surface area (Å²) in [7, 11) is -4.02. The van der Waals surface area contributed by atoms with E-state index in [1.54, 1.807) is 25.1 Å². The maximum atomic E-state index is 13.3. The van der Waals surface area contributed by atoms with Gasteiger partial charge in [-0.2, -0.15) is 9.78 Å². The van der Waals surface area contributed by atoms with E-state index in [2.05, 4.69) is 15.1 Å². The van der Waals surface area contributed by atoms with Crippen molar-refractivity contribution in [3.05, 3.63) is 59.3 Å². The highest BCUT2D eigenvalue weighted by Gasteiger charge is 2.31. The predicted molar refractivity (Wildman–Crippen MR) is 143 cm³/mol. The van der Waals surface area contributed by atoms with Crippen molar-refractivity contribution in [1.82, 2.24) is 14.5 Å². The minimum absolute atomic E-state index is 0.0275. The molecule has 1 aliphatic rings. The standard InChI is InChI=1S/C27H32N4O6S/c1-16-6-11-20(12-7-16)31-25(17(2)24(29-31)26(33)34)37-21-13-10-19(28-23(32)15-27(3,4)5)14-22(21)38(35,36)30-18-8-9-18/h6-7,10-14,18,30H,8-9,15H2,1-5H3,(H,28,32)(H,33,34). The Labute approximate surface area is 222 Å². The van der Waals surface area contributed by atoms with E-state index in [-0.39, 0.29) is 51.6 Å². The van der Waals surface area contributed by atoms with Crippen LogP contribution in [-0.2, 0) is 14.8 Å². The Kier molecular flexibility index (Phi) is 7.35. The Morgan fingerprint density at radius 3 is 2.34 bits per heavy atom. The average molecular weight is 541 g/mol. The van der Waals surface area contributed by atoms with Gasteiger partial charge in [-0.3, -0.25) is 4.79 Å². The number of nitrogens with zero attached hydrogens (tertiary/aromatic N) is 2. The summed E-state index contributed by atoms with van der Waals surface area (Å²) in [6.45, 7) is 9.27. The number of hydrogen-bond acceptors (Lipinski definition) is 6. The van der Waals surface area contributed by atoms with Crippen LogP contribution in [0.3, 0.4) is 0 Å². The zero-order valence-electron chi connectivity index (χ0n) is 22.0. The maximum Gasteiger partial charge on any atom is 0.356 e. The molecule has 0 spiro atoms. The lowest BCUT2D eigenvalue weighted by Crippen LogP contribution is -2.26. The molecule has 1 amide bonds. The van der Waals surface area contributed by atoms with E-state index < -0.39 is 16.0 Å². The van der Waals surface area contributed by atoms with E-state index >= 15 is 0 Å². The smallest absolute Gasteiger partial charge is 0.356 e. The van der Waals surface area contributed by atoms with Crippen LogP contribution in [-0.4, -0.2) is 41.2 Å². The van der Waals surface area contributed by atoms with E-state index in [1.807, 2.05) is 39.8 Å². The van der Waals surface area contributed by atoms with Gasteiger partial charge in [-0.25, -0.2) is 17.9 Å². The zero-order valence-corrected chi connectivity index (χ0v) is 22.8. The highest BCUT2D eigenvalue weighted by atomic mass is 32.2. The molecule has 38 heavy (non-hydrogen) atoms. The van der Waals surface area contributed by atoms with Gasteiger partial charge >= 0.3 is 5.97 Å². The van der Waals surface area contributed by atoms with Crippen LogP contribution in [0.5, 0.6) is 11.6 Å². The normalized spacial score (nSPS) is 13.8. The molecule has 0 bridgehead atoms. The number of aryl methyl sites for hydroxylation is 1. The Morgan fingerprint density at radius 1 is 1.11 bits per heavy atom. The monoisotopic (exact) mass is 540 g/mol. The number of ether oxygens (including phenoxy) is 1. The van der Waals surface area contributed by atoms with E-state index in [0.29, 0.717) is 11.4 Å². The molecule has 0 unspecified atom stereocenters. The van der Waals surface area contributed by atoms with Crippen LogP contribution < -0.4 is 14.8 Å². The number of nitrogens with one attached hydrogen (secondary N) is 2. The van der Waals surface area contributed by atoms with E-state index in [4.69, 9.17) is 4.74 Å². The number of sulfonamides is 1. The first-order valence-electron chi connectivity index (χ1n) is 12.3. The molecular formula is C27H32N4O6S. The van der Waals surface area contributed by atoms with Gasteiger partial charge in [0.25, 0.3) is 0 Å². The van der Waals surface area contributed by atoms with Gasteiger partial charge in [0.2, 0.25) is 21.8 Å². The topological polar surface area (TPSA) is 140 Å². The first-order valence-corrected chi connectivity index (χ1v) is 13.8. The second-order valence-electron chi connectivity index (χ2n) is 10.8. The predicted octanol–water partition coefficient (Wildman–Crippen LogP) is 4.80. The van der Waals surface area contributed by atoms with Gasteiger partial charge < -0.3 is 15.2 Å². The van der Waals surface area contributed by atoms with Crippen LogP contribution in [0.1, 0.15) is 61.6 Å². The first kappa shape index (κ1) is 27.3. The van der Waals surface area contributed by atoms with Crippen molar-refractivity contribution in [1.29, 1.82) is 0 Å². The SMILES string of the molecule is Cc1ccc(-n2nc(C(=O)O)c(C)c2Oc2ccc(NC(=O)CC(C)(C)C)cc2S(=O)(=O)NC2CC2)cc1. The quantitative estimate of drug-likeness (QED) is 0.354. The molecule has 1 aliphatic carbocycles. The molecule has 4 rings (SSSR count). The van der Waals surface area contributed by atoms with Gasteiger partial charge in [-0.1, -0.05) is 38.5 Å². The van der Waals surface area contributed by atoms with Crippen molar-refractivity contribution in [3.8, 4) is 17.3 Å². The van der Waals surface area contributed by atoms with E-state index in [9.17, 15) is 23.1 Å². The van der Waals surface area contributed by atoms with Crippen molar-refractivity contribution in [2.75, 3.05) is 5.32 Å². The number of carbonyl (C=O) groups is 2. The summed E-state index contributed by atoms with van der Waals surface area (Å²) in [5, 5.41) is 16.7. The number of hydrogen-bond donors (Lipinski definition) is 3. The summed E-state index contributed by atoms with van der Waals surface area (Å²) in [6, 6.07) is 11.4. The fourth-order valence-electron chi connectivity index (χ4n) is 3.82. The van der Waals surface area contributed by atoms with Gasteiger partial charge in [0, 0.05) is 23.7 Å². The van der Waals surface area contributed by atoms with Crippen LogP contribution in [0, 0.1) is 19.3 Å². The largest absolute Gasteiger partial charge is 0.476 e. The molecule has 1 aromatic heterocycles. The van der Waals surface area contributed by atoms with E-state index in [0.717, 1.165) is 18.4 Å². The fourth-order valence-corrected chi connectivity index (χ4v) is 5.28. The Morgan fingerprint density at radius 2 is 1.76 bits per heavy atom. The Balaban J connectivity index is 1.78. The van der Waals surface area contributed by atoms with Crippen LogP contribution >= 0.6 is 0 Å². The first-order chi connectivity index (χ1) is 17.7.